The number of thioether (sulfide) groups is 1. The molecule has 1 aromatic rings. The van der Waals surface area contributed by atoms with E-state index in [1.54, 1.807) is 6.20 Å². The summed E-state index contributed by atoms with van der Waals surface area (Å²) in [7, 11) is 0. The van der Waals surface area contributed by atoms with E-state index in [0.29, 0.717) is 0 Å². The first-order valence-electron chi connectivity index (χ1n) is 5.08. The number of rotatable bonds is 5. The predicted octanol–water partition coefficient (Wildman–Crippen LogP) is 2.02. The van der Waals surface area contributed by atoms with Crippen LogP contribution < -0.4 is 5.32 Å². The van der Waals surface area contributed by atoms with Gasteiger partial charge in [0.05, 0.1) is 5.69 Å². The number of hydrogen-bond acceptors (Lipinski definition) is 4. The van der Waals surface area contributed by atoms with Crippen LogP contribution in [-0.4, -0.2) is 27.5 Å². The van der Waals surface area contributed by atoms with Crippen molar-refractivity contribution in [2.24, 2.45) is 0 Å². The average molecular weight is 225 g/mol. The highest BCUT2D eigenvalue weighted by Crippen LogP contribution is 2.19. The van der Waals surface area contributed by atoms with Crippen LogP contribution in [0.5, 0.6) is 0 Å². The van der Waals surface area contributed by atoms with Crippen LogP contribution in [0.3, 0.4) is 0 Å². The molecular weight excluding hydrogens is 206 g/mol. The van der Waals surface area contributed by atoms with E-state index in [1.807, 2.05) is 24.8 Å². The van der Waals surface area contributed by atoms with Gasteiger partial charge in [0, 0.05) is 24.0 Å². The fraction of sp³-hybridized carbons (Fsp3) is 0.636. The lowest BCUT2D eigenvalue weighted by molar-refractivity contribution is 0.584. The number of nitrogens with zero attached hydrogens (tertiary/aromatic N) is 2. The lowest BCUT2D eigenvalue weighted by atomic mass is 10.2. The van der Waals surface area contributed by atoms with Crippen LogP contribution in [0, 0.1) is 6.92 Å². The van der Waals surface area contributed by atoms with Crippen molar-refractivity contribution in [3.05, 3.63) is 23.8 Å². The molecule has 0 saturated carbocycles. The van der Waals surface area contributed by atoms with Crippen molar-refractivity contribution in [2.45, 2.75) is 32.1 Å². The molecule has 1 heterocycles. The average Bonchev–Trinajstić information content (AvgIpc) is 2.18. The van der Waals surface area contributed by atoms with Gasteiger partial charge in [0.15, 0.2) is 0 Å². The van der Waals surface area contributed by atoms with Gasteiger partial charge in [-0.05, 0) is 33.1 Å². The Bertz CT molecular complexity index is 312. The zero-order valence-corrected chi connectivity index (χ0v) is 10.7. The fourth-order valence-electron chi connectivity index (χ4n) is 1.17. The highest BCUT2D eigenvalue weighted by Gasteiger charge is 2.14. The molecule has 0 aliphatic heterocycles. The molecule has 0 aliphatic rings. The monoisotopic (exact) mass is 225 g/mol. The molecule has 0 saturated heterocycles. The molecule has 0 atom stereocenters. The number of nitrogens with one attached hydrogen (secondary N) is 1. The highest BCUT2D eigenvalue weighted by molar-refractivity contribution is 7.99. The first-order chi connectivity index (χ1) is 7.03. The van der Waals surface area contributed by atoms with E-state index in [-0.39, 0.29) is 4.75 Å². The molecule has 15 heavy (non-hydrogen) atoms. The van der Waals surface area contributed by atoms with E-state index in [1.165, 1.54) is 0 Å². The zero-order valence-electron chi connectivity index (χ0n) is 9.87. The third-order valence-electron chi connectivity index (χ3n) is 2.24. The molecule has 0 spiro atoms. The van der Waals surface area contributed by atoms with Gasteiger partial charge in [-0.25, -0.2) is 9.97 Å². The minimum absolute atomic E-state index is 0.280. The van der Waals surface area contributed by atoms with E-state index < -0.39 is 0 Å². The number of hydrogen-bond donors (Lipinski definition) is 1. The third-order valence-corrected chi connectivity index (χ3v) is 3.49. The van der Waals surface area contributed by atoms with Crippen LogP contribution in [0.15, 0.2) is 12.3 Å². The Balaban J connectivity index is 2.38. The Hall–Kier alpha value is -0.610. The van der Waals surface area contributed by atoms with Crippen molar-refractivity contribution in [2.75, 3.05) is 12.8 Å². The Morgan fingerprint density at radius 1 is 1.47 bits per heavy atom. The van der Waals surface area contributed by atoms with Gasteiger partial charge < -0.3 is 5.32 Å². The van der Waals surface area contributed by atoms with Crippen LogP contribution in [0.25, 0.3) is 0 Å². The van der Waals surface area contributed by atoms with Crippen LogP contribution >= 0.6 is 11.8 Å². The second-order valence-corrected chi connectivity index (χ2v) is 5.68. The maximum absolute atomic E-state index is 4.34. The SMILES string of the molecule is CSC(C)(C)CNCc1ccnc(C)n1. The molecule has 0 radical (unpaired) electrons. The lowest BCUT2D eigenvalue weighted by Gasteiger charge is -2.22. The summed E-state index contributed by atoms with van der Waals surface area (Å²) in [5.41, 5.74) is 1.06. The second-order valence-electron chi connectivity index (χ2n) is 4.16. The van der Waals surface area contributed by atoms with Gasteiger partial charge in [-0.15, -0.1) is 0 Å². The summed E-state index contributed by atoms with van der Waals surface area (Å²) in [5.74, 6) is 0.832. The molecule has 0 amide bonds. The molecule has 84 valence electrons. The quantitative estimate of drug-likeness (QED) is 0.832. The minimum Gasteiger partial charge on any atom is -0.310 e. The summed E-state index contributed by atoms with van der Waals surface area (Å²) in [4.78, 5) is 8.41. The van der Waals surface area contributed by atoms with Crippen LogP contribution in [0.4, 0.5) is 0 Å². The number of aromatic nitrogens is 2. The molecule has 4 heteroatoms. The van der Waals surface area contributed by atoms with Crippen molar-refractivity contribution >= 4 is 11.8 Å². The summed E-state index contributed by atoms with van der Waals surface area (Å²) in [5, 5.41) is 3.41. The summed E-state index contributed by atoms with van der Waals surface area (Å²) >= 11 is 1.87. The molecule has 0 bridgehead atoms. The molecular formula is C11H19N3S. The molecule has 1 aromatic heterocycles. The fourth-order valence-corrected chi connectivity index (χ4v) is 1.41. The van der Waals surface area contributed by atoms with Crippen LogP contribution in [0.1, 0.15) is 25.4 Å². The van der Waals surface area contributed by atoms with Gasteiger partial charge in [0.1, 0.15) is 5.82 Å². The van der Waals surface area contributed by atoms with Crippen molar-refractivity contribution in [3.8, 4) is 0 Å². The molecule has 0 aliphatic carbocycles. The Morgan fingerprint density at radius 2 is 2.20 bits per heavy atom. The maximum atomic E-state index is 4.34. The smallest absolute Gasteiger partial charge is 0.125 e. The van der Waals surface area contributed by atoms with Gasteiger partial charge in [-0.2, -0.15) is 11.8 Å². The van der Waals surface area contributed by atoms with Gasteiger partial charge in [-0.1, -0.05) is 0 Å². The Labute approximate surface area is 96.1 Å². The molecule has 0 fully saturated rings. The minimum atomic E-state index is 0.280. The van der Waals surface area contributed by atoms with Crippen molar-refractivity contribution in [1.29, 1.82) is 0 Å². The first kappa shape index (κ1) is 12.5. The van der Waals surface area contributed by atoms with Crippen molar-refractivity contribution in [3.63, 3.8) is 0 Å². The maximum Gasteiger partial charge on any atom is 0.125 e. The molecule has 0 aromatic carbocycles. The lowest BCUT2D eigenvalue weighted by Crippen LogP contribution is -2.31. The van der Waals surface area contributed by atoms with E-state index in [9.17, 15) is 0 Å². The first-order valence-corrected chi connectivity index (χ1v) is 6.30. The normalized spacial score (nSPS) is 11.7. The Kier molecular flexibility index (Phi) is 4.54. The largest absolute Gasteiger partial charge is 0.310 e. The van der Waals surface area contributed by atoms with Crippen molar-refractivity contribution < 1.29 is 0 Å². The van der Waals surface area contributed by atoms with Crippen molar-refractivity contribution in [1.82, 2.24) is 15.3 Å². The van der Waals surface area contributed by atoms with E-state index in [2.05, 4.69) is 35.4 Å². The summed E-state index contributed by atoms with van der Waals surface area (Å²) in [6, 6.07) is 1.95. The topological polar surface area (TPSA) is 37.8 Å². The molecule has 3 nitrogen and oxygen atoms in total. The highest BCUT2D eigenvalue weighted by atomic mass is 32.2. The van der Waals surface area contributed by atoms with Gasteiger partial charge in [0.25, 0.3) is 0 Å². The third kappa shape index (κ3) is 4.62. The molecule has 0 unspecified atom stereocenters. The Morgan fingerprint density at radius 3 is 2.80 bits per heavy atom. The van der Waals surface area contributed by atoms with E-state index in [4.69, 9.17) is 0 Å². The molecule has 1 N–H and O–H groups in total. The van der Waals surface area contributed by atoms with E-state index >= 15 is 0 Å². The van der Waals surface area contributed by atoms with Gasteiger partial charge >= 0.3 is 0 Å². The summed E-state index contributed by atoms with van der Waals surface area (Å²) < 4.78 is 0.280. The standard InChI is InChI=1S/C11H19N3S/c1-9-13-6-5-10(14-9)7-12-8-11(2,3)15-4/h5-6,12H,7-8H2,1-4H3. The van der Waals surface area contributed by atoms with E-state index in [0.717, 1.165) is 24.6 Å². The second kappa shape index (κ2) is 5.47. The predicted molar refractivity (Wildman–Crippen MR) is 66.1 cm³/mol. The van der Waals surface area contributed by atoms with Gasteiger partial charge in [0.2, 0.25) is 0 Å². The zero-order chi connectivity index (χ0) is 11.3. The summed E-state index contributed by atoms with van der Waals surface area (Å²) in [6.07, 6.45) is 3.94. The van der Waals surface area contributed by atoms with Crippen LogP contribution in [-0.2, 0) is 6.54 Å². The van der Waals surface area contributed by atoms with Gasteiger partial charge in [-0.3, -0.25) is 0 Å². The summed E-state index contributed by atoms with van der Waals surface area (Å²) in [6.45, 7) is 8.17. The van der Waals surface area contributed by atoms with Crippen LogP contribution in [0.2, 0.25) is 0 Å². The number of aryl methyl sites for hydroxylation is 1. The molecule has 1 rings (SSSR count).